The van der Waals surface area contributed by atoms with Gasteiger partial charge in [-0.1, -0.05) is 47.5 Å². The van der Waals surface area contributed by atoms with Gasteiger partial charge in [-0.15, -0.1) is 0 Å². The van der Waals surface area contributed by atoms with Crippen molar-refractivity contribution in [1.29, 1.82) is 0 Å². The van der Waals surface area contributed by atoms with Crippen LogP contribution in [0.5, 0.6) is 0 Å². The molecule has 0 spiro atoms. The molecule has 2 heterocycles. The van der Waals surface area contributed by atoms with Gasteiger partial charge >= 0.3 is 0 Å². The zero-order valence-corrected chi connectivity index (χ0v) is 18.1. The van der Waals surface area contributed by atoms with E-state index >= 15 is 0 Å². The molecule has 0 saturated carbocycles. The van der Waals surface area contributed by atoms with Gasteiger partial charge in [0, 0.05) is 43.3 Å². The van der Waals surface area contributed by atoms with Gasteiger partial charge in [0.2, 0.25) is 0 Å². The first-order chi connectivity index (χ1) is 14.2. The number of para-hydroxylation sites is 1. The van der Waals surface area contributed by atoms with Crippen LogP contribution in [0.25, 0.3) is 10.9 Å². The fourth-order valence-electron chi connectivity index (χ4n) is 3.90. The summed E-state index contributed by atoms with van der Waals surface area (Å²) in [4.78, 5) is 2.48. The van der Waals surface area contributed by atoms with Crippen molar-refractivity contribution >= 4 is 34.1 Å². The number of hydrogen-bond acceptors (Lipinski definition) is 3. The molecule has 6 heteroatoms. The minimum absolute atomic E-state index is 0.592. The minimum Gasteiger partial charge on any atom is -0.379 e. The van der Waals surface area contributed by atoms with Crippen LogP contribution in [0.4, 0.5) is 0 Å². The van der Waals surface area contributed by atoms with Gasteiger partial charge in [0.25, 0.3) is 0 Å². The van der Waals surface area contributed by atoms with E-state index < -0.39 is 0 Å². The van der Waals surface area contributed by atoms with E-state index in [0.717, 1.165) is 64.5 Å². The molecule has 1 fully saturated rings. The average molecular weight is 432 g/mol. The Morgan fingerprint density at radius 1 is 1.00 bits per heavy atom. The molecule has 4 rings (SSSR count). The number of fused-ring (bicyclic) bond motifs is 1. The summed E-state index contributed by atoms with van der Waals surface area (Å²) in [5, 5.41) is 6.11. The Morgan fingerprint density at radius 2 is 1.83 bits per heavy atom. The van der Waals surface area contributed by atoms with Gasteiger partial charge < -0.3 is 14.6 Å². The number of nitrogens with one attached hydrogen (secondary N) is 1. The summed E-state index contributed by atoms with van der Waals surface area (Å²) in [6.45, 7) is 7.65. The van der Waals surface area contributed by atoms with Gasteiger partial charge in [-0.05, 0) is 48.8 Å². The van der Waals surface area contributed by atoms with Crippen molar-refractivity contribution in [3.8, 4) is 0 Å². The second kappa shape index (κ2) is 9.96. The van der Waals surface area contributed by atoms with E-state index in [2.05, 4.69) is 45.2 Å². The number of halogens is 2. The smallest absolute Gasteiger partial charge is 0.0595 e. The zero-order chi connectivity index (χ0) is 20.1. The lowest BCUT2D eigenvalue weighted by Crippen LogP contribution is -2.37. The van der Waals surface area contributed by atoms with Crippen LogP contribution < -0.4 is 5.32 Å². The number of benzene rings is 2. The predicted octanol–water partition coefficient (Wildman–Crippen LogP) is 4.81. The highest BCUT2D eigenvalue weighted by atomic mass is 35.5. The minimum atomic E-state index is 0.592. The molecule has 154 valence electrons. The van der Waals surface area contributed by atoms with Crippen LogP contribution in [0.1, 0.15) is 17.5 Å². The number of nitrogens with zero attached hydrogens (tertiary/aromatic N) is 2. The lowest BCUT2D eigenvalue weighted by molar-refractivity contribution is 0.0374. The van der Waals surface area contributed by atoms with Crippen LogP contribution in [-0.2, 0) is 17.8 Å². The normalized spacial score (nSPS) is 15.2. The number of morpholine rings is 1. The van der Waals surface area contributed by atoms with E-state index in [9.17, 15) is 0 Å². The fourth-order valence-corrected chi connectivity index (χ4v) is 4.23. The third kappa shape index (κ3) is 5.33. The van der Waals surface area contributed by atoms with Crippen LogP contribution in [-0.4, -0.2) is 48.9 Å². The van der Waals surface area contributed by atoms with E-state index in [1.54, 1.807) is 0 Å². The Hall–Kier alpha value is -1.56. The van der Waals surface area contributed by atoms with Crippen molar-refractivity contribution in [3.63, 3.8) is 0 Å². The Morgan fingerprint density at radius 3 is 2.66 bits per heavy atom. The molecule has 4 nitrogen and oxygen atoms in total. The monoisotopic (exact) mass is 431 g/mol. The SMILES string of the molecule is Clc1ccc(Cn2cc(CNCCCN3CCOCC3)c3ccccc32)cc1Cl. The van der Waals surface area contributed by atoms with Gasteiger partial charge in [-0.2, -0.15) is 0 Å². The van der Waals surface area contributed by atoms with Gasteiger partial charge in [0.05, 0.1) is 23.3 Å². The standard InChI is InChI=1S/C23H27Cl2N3O/c24-21-7-6-18(14-22(21)25)16-28-17-19(20-4-1-2-5-23(20)28)15-26-8-3-9-27-10-12-29-13-11-27/h1-2,4-7,14,17,26H,3,8-13,15-16H2. The van der Waals surface area contributed by atoms with E-state index in [0.29, 0.717) is 10.0 Å². The Bertz CT molecular complexity index is 950. The Balaban J connectivity index is 1.38. The van der Waals surface area contributed by atoms with Crippen molar-refractivity contribution in [2.75, 3.05) is 39.4 Å². The molecule has 0 aliphatic carbocycles. The van der Waals surface area contributed by atoms with Crippen molar-refractivity contribution in [2.45, 2.75) is 19.5 Å². The highest BCUT2D eigenvalue weighted by Crippen LogP contribution is 2.26. The van der Waals surface area contributed by atoms with Crippen molar-refractivity contribution in [1.82, 2.24) is 14.8 Å². The molecule has 0 unspecified atom stereocenters. The Labute approximate surface area is 182 Å². The van der Waals surface area contributed by atoms with Crippen LogP contribution in [0.3, 0.4) is 0 Å². The largest absolute Gasteiger partial charge is 0.379 e. The molecule has 0 amide bonds. The third-order valence-electron chi connectivity index (χ3n) is 5.46. The van der Waals surface area contributed by atoms with Crippen LogP contribution in [0, 0.1) is 0 Å². The number of aromatic nitrogens is 1. The van der Waals surface area contributed by atoms with Gasteiger partial charge in [-0.25, -0.2) is 0 Å². The van der Waals surface area contributed by atoms with E-state index in [1.807, 2.05) is 18.2 Å². The first kappa shape index (κ1) is 20.7. The van der Waals surface area contributed by atoms with E-state index in [1.165, 1.54) is 16.5 Å². The molecular weight excluding hydrogens is 405 g/mol. The van der Waals surface area contributed by atoms with Crippen molar-refractivity contribution in [3.05, 3.63) is 69.8 Å². The van der Waals surface area contributed by atoms with Gasteiger partial charge in [0.15, 0.2) is 0 Å². The molecule has 1 N–H and O–H groups in total. The number of rotatable bonds is 8. The quantitative estimate of drug-likeness (QED) is 0.518. The molecule has 1 aliphatic heterocycles. The molecule has 2 aromatic carbocycles. The maximum atomic E-state index is 6.20. The first-order valence-corrected chi connectivity index (χ1v) is 11.0. The second-order valence-electron chi connectivity index (χ2n) is 7.53. The van der Waals surface area contributed by atoms with Gasteiger partial charge in [0.1, 0.15) is 0 Å². The molecule has 0 bridgehead atoms. The zero-order valence-electron chi connectivity index (χ0n) is 16.5. The van der Waals surface area contributed by atoms with Crippen LogP contribution in [0.15, 0.2) is 48.7 Å². The maximum absolute atomic E-state index is 6.20. The molecule has 0 atom stereocenters. The molecule has 1 aromatic heterocycles. The van der Waals surface area contributed by atoms with Gasteiger partial charge in [-0.3, -0.25) is 4.90 Å². The molecule has 0 radical (unpaired) electrons. The predicted molar refractivity (Wildman–Crippen MR) is 121 cm³/mol. The summed E-state index contributed by atoms with van der Waals surface area (Å²) in [6.07, 6.45) is 3.41. The van der Waals surface area contributed by atoms with E-state index in [-0.39, 0.29) is 0 Å². The summed E-state index contributed by atoms with van der Waals surface area (Å²) in [5.41, 5.74) is 3.71. The van der Waals surface area contributed by atoms with Crippen LogP contribution >= 0.6 is 23.2 Å². The first-order valence-electron chi connectivity index (χ1n) is 10.2. The van der Waals surface area contributed by atoms with Crippen molar-refractivity contribution < 1.29 is 4.74 Å². The summed E-state index contributed by atoms with van der Waals surface area (Å²) < 4.78 is 7.70. The van der Waals surface area contributed by atoms with E-state index in [4.69, 9.17) is 27.9 Å². The molecule has 3 aromatic rings. The lowest BCUT2D eigenvalue weighted by Gasteiger charge is -2.26. The van der Waals surface area contributed by atoms with Crippen molar-refractivity contribution in [2.24, 2.45) is 0 Å². The summed E-state index contributed by atoms with van der Waals surface area (Å²) in [7, 11) is 0. The fraction of sp³-hybridized carbons (Fsp3) is 0.391. The average Bonchev–Trinajstić information content (AvgIpc) is 3.09. The number of hydrogen-bond donors (Lipinski definition) is 1. The highest BCUT2D eigenvalue weighted by molar-refractivity contribution is 6.42. The summed E-state index contributed by atoms with van der Waals surface area (Å²) in [6, 6.07) is 14.4. The summed E-state index contributed by atoms with van der Waals surface area (Å²) in [5.74, 6) is 0. The second-order valence-corrected chi connectivity index (χ2v) is 8.35. The molecule has 29 heavy (non-hydrogen) atoms. The maximum Gasteiger partial charge on any atom is 0.0595 e. The molecule has 1 aliphatic rings. The summed E-state index contributed by atoms with van der Waals surface area (Å²) >= 11 is 12.3. The topological polar surface area (TPSA) is 29.4 Å². The number of ether oxygens (including phenoxy) is 1. The lowest BCUT2D eigenvalue weighted by atomic mass is 10.2. The third-order valence-corrected chi connectivity index (χ3v) is 6.19. The highest BCUT2D eigenvalue weighted by Gasteiger charge is 2.11. The van der Waals surface area contributed by atoms with Crippen LogP contribution in [0.2, 0.25) is 10.0 Å². The molecular formula is C23H27Cl2N3O. The molecule has 1 saturated heterocycles. The Kier molecular flexibility index (Phi) is 7.11.